The second kappa shape index (κ2) is 20.1. The molecule has 0 aliphatic heterocycles. The third kappa shape index (κ3) is 13.8. The van der Waals surface area contributed by atoms with E-state index in [1.807, 2.05) is 42.5 Å². The summed E-state index contributed by atoms with van der Waals surface area (Å²) < 4.78 is 8.03. The SMILES string of the molecule is CCCCCCCCCCCCCCOc1ccc(CC(=O)Nc2ccc(C[n+]3ccsc3)cc2)c(Cl)c1.[Br-]. The van der Waals surface area contributed by atoms with Gasteiger partial charge in [0.05, 0.1) is 18.4 Å². The van der Waals surface area contributed by atoms with Crippen LogP contribution >= 0.6 is 22.9 Å². The van der Waals surface area contributed by atoms with Crippen molar-refractivity contribution in [3.8, 4) is 5.75 Å². The zero-order valence-corrected chi connectivity index (χ0v) is 26.5. The number of anilines is 1. The van der Waals surface area contributed by atoms with Crippen LogP contribution in [0.2, 0.25) is 5.02 Å². The molecule has 0 saturated carbocycles. The Bertz CT molecular complexity index is 1060. The Morgan fingerprint density at radius 3 is 2.13 bits per heavy atom. The summed E-state index contributed by atoms with van der Waals surface area (Å²) >= 11 is 8.13. The standard InChI is InChI=1S/C32H43ClN2O2S.BrH/c1-2-3-4-5-6-7-8-9-10-11-12-13-21-37-30-19-16-28(31(33)24-30)23-32(36)34-29-17-14-27(15-18-29)25-35-20-22-38-26-35;/h14-20,22,24,26H,2-13,21,23,25H2,1H3;1H. The van der Waals surface area contributed by atoms with E-state index in [2.05, 4.69) is 33.9 Å². The fraction of sp³-hybridized carbons (Fsp3) is 0.500. The van der Waals surface area contributed by atoms with Gasteiger partial charge in [-0.05, 0) is 36.2 Å². The Kier molecular flexibility index (Phi) is 17.1. The number of benzene rings is 2. The molecular weight excluding hydrogens is 592 g/mol. The summed E-state index contributed by atoms with van der Waals surface area (Å²) in [6, 6.07) is 13.6. The van der Waals surface area contributed by atoms with Gasteiger partial charge in [-0.15, -0.1) is 0 Å². The zero-order chi connectivity index (χ0) is 26.8. The van der Waals surface area contributed by atoms with Gasteiger partial charge in [-0.3, -0.25) is 4.79 Å². The van der Waals surface area contributed by atoms with Gasteiger partial charge in [0.25, 0.3) is 0 Å². The molecule has 0 radical (unpaired) electrons. The van der Waals surface area contributed by atoms with Crippen molar-refractivity contribution in [2.75, 3.05) is 11.9 Å². The summed E-state index contributed by atoms with van der Waals surface area (Å²) in [5.41, 5.74) is 4.85. The Labute approximate surface area is 254 Å². The van der Waals surface area contributed by atoms with Gasteiger partial charge in [0.15, 0.2) is 12.7 Å². The number of hydrogen-bond donors (Lipinski definition) is 1. The van der Waals surface area contributed by atoms with Crippen molar-refractivity contribution >= 4 is 34.5 Å². The number of aromatic nitrogens is 1. The van der Waals surface area contributed by atoms with E-state index in [9.17, 15) is 4.79 Å². The molecule has 0 saturated heterocycles. The number of nitrogens with zero attached hydrogens (tertiary/aromatic N) is 1. The van der Waals surface area contributed by atoms with Gasteiger partial charge < -0.3 is 27.0 Å². The van der Waals surface area contributed by atoms with E-state index >= 15 is 0 Å². The van der Waals surface area contributed by atoms with E-state index in [0.717, 1.165) is 30.0 Å². The molecule has 7 heteroatoms. The fourth-order valence-corrected chi connectivity index (χ4v) is 5.36. The van der Waals surface area contributed by atoms with E-state index in [-0.39, 0.29) is 29.3 Å². The molecule has 0 bridgehead atoms. The summed E-state index contributed by atoms with van der Waals surface area (Å²) in [4.78, 5) is 12.6. The van der Waals surface area contributed by atoms with E-state index in [1.54, 1.807) is 11.3 Å². The van der Waals surface area contributed by atoms with Crippen molar-refractivity contribution in [1.82, 2.24) is 0 Å². The summed E-state index contributed by atoms with van der Waals surface area (Å²) in [5.74, 6) is 0.679. The highest BCUT2D eigenvalue weighted by Gasteiger charge is 2.10. The molecule has 2 aromatic carbocycles. The van der Waals surface area contributed by atoms with Crippen molar-refractivity contribution in [2.45, 2.75) is 96.9 Å². The quantitative estimate of drug-likeness (QED) is 0.130. The lowest BCUT2D eigenvalue weighted by atomic mass is 10.1. The van der Waals surface area contributed by atoms with Crippen LogP contribution in [0, 0.1) is 0 Å². The summed E-state index contributed by atoms with van der Waals surface area (Å²) in [5, 5.41) is 5.58. The van der Waals surface area contributed by atoms with Gasteiger partial charge in [0, 0.05) is 16.3 Å². The number of rotatable bonds is 19. The second-order valence-corrected chi connectivity index (χ2v) is 11.3. The third-order valence-electron chi connectivity index (χ3n) is 6.77. The molecule has 0 spiro atoms. The molecule has 1 amide bonds. The monoisotopic (exact) mass is 634 g/mol. The van der Waals surface area contributed by atoms with Crippen molar-refractivity contribution < 1.29 is 31.1 Å². The minimum atomic E-state index is -0.0861. The lowest BCUT2D eigenvalue weighted by Gasteiger charge is -2.10. The molecule has 1 N–H and O–H groups in total. The molecule has 0 aliphatic rings. The Morgan fingerprint density at radius 2 is 1.54 bits per heavy atom. The maximum atomic E-state index is 12.6. The van der Waals surface area contributed by atoms with Crippen LogP contribution in [0.15, 0.2) is 59.6 Å². The number of ether oxygens (including phenoxy) is 1. The molecule has 1 aromatic heterocycles. The number of carbonyl (C=O) groups is 1. The van der Waals surface area contributed by atoms with Gasteiger partial charge in [-0.1, -0.05) is 119 Å². The number of thiazole rings is 1. The van der Waals surface area contributed by atoms with Gasteiger partial charge in [-0.2, -0.15) is 4.57 Å². The van der Waals surface area contributed by atoms with Crippen molar-refractivity contribution in [1.29, 1.82) is 0 Å². The first kappa shape index (κ1) is 33.3. The van der Waals surface area contributed by atoms with Crippen molar-refractivity contribution in [3.05, 3.63) is 75.7 Å². The van der Waals surface area contributed by atoms with E-state index < -0.39 is 0 Å². The number of halogens is 2. The normalized spacial score (nSPS) is 10.7. The first-order valence-corrected chi connectivity index (χ1v) is 15.7. The molecule has 3 aromatic rings. The number of amides is 1. The van der Waals surface area contributed by atoms with Crippen LogP contribution in [0.1, 0.15) is 95.1 Å². The predicted octanol–water partition coefficient (Wildman–Crippen LogP) is 6.00. The highest BCUT2D eigenvalue weighted by molar-refractivity contribution is 7.07. The van der Waals surface area contributed by atoms with Crippen LogP contribution in [0.25, 0.3) is 0 Å². The van der Waals surface area contributed by atoms with Crippen molar-refractivity contribution in [3.63, 3.8) is 0 Å². The Hall–Kier alpha value is -1.89. The molecule has 0 aliphatic carbocycles. The highest BCUT2D eigenvalue weighted by atomic mass is 79.9. The largest absolute Gasteiger partial charge is 1.00 e. The maximum Gasteiger partial charge on any atom is 0.228 e. The topological polar surface area (TPSA) is 42.2 Å². The van der Waals surface area contributed by atoms with E-state index in [1.165, 1.54) is 76.2 Å². The molecule has 0 unspecified atom stereocenters. The highest BCUT2D eigenvalue weighted by Crippen LogP contribution is 2.24. The summed E-state index contributed by atoms with van der Waals surface area (Å²) in [6.07, 6.45) is 18.2. The van der Waals surface area contributed by atoms with Crippen LogP contribution < -0.4 is 31.6 Å². The van der Waals surface area contributed by atoms with Crippen molar-refractivity contribution in [2.24, 2.45) is 0 Å². The molecule has 214 valence electrons. The van der Waals surface area contributed by atoms with Crippen LogP contribution in [-0.2, 0) is 17.8 Å². The van der Waals surface area contributed by atoms with Gasteiger partial charge in [0.1, 0.15) is 5.75 Å². The lowest BCUT2D eigenvalue weighted by molar-refractivity contribution is -0.683. The third-order valence-corrected chi connectivity index (χ3v) is 7.80. The maximum absolute atomic E-state index is 12.6. The number of unbranched alkanes of at least 4 members (excludes halogenated alkanes) is 11. The molecule has 0 atom stereocenters. The average molecular weight is 636 g/mol. The second-order valence-electron chi connectivity index (χ2n) is 10.1. The molecule has 39 heavy (non-hydrogen) atoms. The minimum Gasteiger partial charge on any atom is -1.00 e. The predicted molar refractivity (Wildman–Crippen MR) is 160 cm³/mol. The van der Waals surface area contributed by atoms with Gasteiger partial charge in [-0.25, -0.2) is 0 Å². The molecule has 1 heterocycles. The number of carbonyl (C=O) groups excluding carboxylic acids is 1. The summed E-state index contributed by atoms with van der Waals surface area (Å²) in [7, 11) is 0. The first-order valence-electron chi connectivity index (χ1n) is 14.4. The first-order chi connectivity index (χ1) is 18.6. The average Bonchev–Trinajstić information content (AvgIpc) is 3.42. The number of hydrogen-bond acceptors (Lipinski definition) is 3. The summed E-state index contributed by atoms with van der Waals surface area (Å²) in [6.45, 7) is 3.79. The Balaban J connectivity index is 0.00000533. The smallest absolute Gasteiger partial charge is 0.228 e. The fourth-order valence-electron chi connectivity index (χ4n) is 4.53. The molecule has 0 fully saturated rings. The van der Waals surface area contributed by atoms with E-state index in [4.69, 9.17) is 16.3 Å². The number of nitrogens with one attached hydrogen (secondary N) is 1. The molecule has 4 nitrogen and oxygen atoms in total. The molecule has 3 rings (SSSR count). The van der Waals surface area contributed by atoms with Crippen LogP contribution in [-0.4, -0.2) is 12.5 Å². The Morgan fingerprint density at radius 1 is 0.897 bits per heavy atom. The van der Waals surface area contributed by atoms with Gasteiger partial charge in [0.2, 0.25) is 11.4 Å². The van der Waals surface area contributed by atoms with Crippen LogP contribution in [0.5, 0.6) is 5.75 Å². The minimum absolute atomic E-state index is 0. The zero-order valence-electron chi connectivity index (χ0n) is 23.3. The van der Waals surface area contributed by atoms with Crippen LogP contribution in [0.4, 0.5) is 5.69 Å². The van der Waals surface area contributed by atoms with Gasteiger partial charge >= 0.3 is 0 Å². The molecular formula is C32H44BrClN2O2S. The lowest BCUT2D eigenvalue weighted by Crippen LogP contribution is -3.00. The van der Waals surface area contributed by atoms with Crippen LogP contribution in [0.3, 0.4) is 0 Å². The van der Waals surface area contributed by atoms with E-state index in [0.29, 0.717) is 11.6 Å².